The van der Waals surface area contributed by atoms with Crippen LogP contribution in [0.3, 0.4) is 0 Å². The highest BCUT2D eigenvalue weighted by atomic mass is 32.2. The maximum Gasteiger partial charge on any atom is 0.134 e. The van der Waals surface area contributed by atoms with Crippen LogP contribution in [0, 0.1) is 5.92 Å². The summed E-state index contributed by atoms with van der Waals surface area (Å²) in [5.41, 5.74) is 3.88. The minimum absolute atomic E-state index is 0.0346. The lowest BCUT2D eigenvalue weighted by Gasteiger charge is -2.18. The highest BCUT2D eigenvalue weighted by Crippen LogP contribution is 2.41. The summed E-state index contributed by atoms with van der Waals surface area (Å²) in [7, 11) is 4.11. The van der Waals surface area contributed by atoms with E-state index in [1.807, 2.05) is 23.1 Å². The lowest BCUT2D eigenvalue weighted by Crippen LogP contribution is -2.17. The zero-order chi connectivity index (χ0) is 20.7. The average molecular weight is 441 g/mol. The molecule has 30 heavy (non-hydrogen) atoms. The predicted molar refractivity (Wildman–Crippen MR) is 126 cm³/mol. The Kier molecular flexibility index (Phi) is 5.71. The van der Waals surface area contributed by atoms with Gasteiger partial charge in [-0.1, -0.05) is 19.1 Å². The molecule has 3 atom stereocenters. The number of anilines is 1. The third-order valence-corrected chi connectivity index (χ3v) is 8.32. The van der Waals surface area contributed by atoms with Gasteiger partial charge < -0.3 is 9.64 Å². The highest BCUT2D eigenvalue weighted by Gasteiger charge is 2.27. The highest BCUT2D eigenvalue weighted by molar-refractivity contribution is 7.99. The summed E-state index contributed by atoms with van der Waals surface area (Å²) in [6.07, 6.45) is 5.47. The van der Waals surface area contributed by atoms with Gasteiger partial charge in [0.05, 0.1) is 6.10 Å². The fourth-order valence-electron chi connectivity index (χ4n) is 4.30. The summed E-state index contributed by atoms with van der Waals surface area (Å²) < 4.78 is 6.30. The van der Waals surface area contributed by atoms with Gasteiger partial charge in [-0.15, -0.1) is 23.1 Å². The van der Waals surface area contributed by atoms with Crippen LogP contribution in [0.1, 0.15) is 35.6 Å². The lowest BCUT2D eigenvalue weighted by atomic mass is 9.89. The quantitative estimate of drug-likeness (QED) is 0.460. The van der Waals surface area contributed by atoms with Gasteiger partial charge in [0.1, 0.15) is 22.4 Å². The molecule has 1 saturated heterocycles. The molecule has 3 heterocycles. The van der Waals surface area contributed by atoms with Gasteiger partial charge in [-0.05, 0) is 48.4 Å². The van der Waals surface area contributed by atoms with Crippen molar-refractivity contribution >= 4 is 39.0 Å². The second kappa shape index (κ2) is 8.46. The van der Waals surface area contributed by atoms with Gasteiger partial charge in [0.2, 0.25) is 0 Å². The molecule has 7 heteroatoms. The van der Waals surface area contributed by atoms with E-state index in [0.717, 1.165) is 34.5 Å². The molecule has 1 aliphatic heterocycles. The maximum atomic E-state index is 6.30. The molecule has 0 unspecified atom stereocenters. The Hall–Kier alpha value is -1.67. The first-order chi connectivity index (χ1) is 14.6. The Morgan fingerprint density at radius 2 is 2.07 bits per heavy atom. The van der Waals surface area contributed by atoms with Gasteiger partial charge in [0.15, 0.2) is 0 Å². The number of rotatable bonds is 5. The number of thiophene rings is 1. The zero-order valence-electron chi connectivity index (χ0n) is 17.7. The van der Waals surface area contributed by atoms with Gasteiger partial charge in [0.25, 0.3) is 0 Å². The van der Waals surface area contributed by atoms with E-state index in [4.69, 9.17) is 4.74 Å². The number of aryl methyl sites for hydroxylation is 1. The summed E-state index contributed by atoms with van der Waals surface area (Å²) in [4.78, 5) is 14.0. The van der Waals surface area contributed by atoms with Crippen molar-refractivity contribution in [3.8, 4) is 0 Å². The standard InChI is InChI=1S/C23H28N4OS2/c1-14-4-9-18-19(10-14)30-23-20(18)22(25-13-26-23)29-12-17-11-24-21(28-17)15-5-7-16(8-6-15)27(2)3/h5-8,13-14,17,21,24H,4,9-12H2,1-3H3/t14-,17-,21+/m1/s1. The molecule has 1 aliphatic carbocycles. The van der Waals surface area contributed by atoms with Crippen LogP contribution in [0.4, 0.5) is 5.69 Å². The Morgan fingerprint density at radius 3 is 2.87 bits per heavy atom. The van der Waals surface area contributed by atoms with Crippen molar-refractivity contribution in [2.24, 2.45) is 5.92 Å². The smallest absolute Gasteiger partial charge is 0.134 e. The summed E-state index contributed by atoms with van der Waals surface area (Å²) >= 11 is 3.68. The van der Waals surface area contributed by atoms with E-state index in [9.17, 15) is 0 Å². The number of hydrogen-bond donors (Lipinski definition) is 1. The molecule has 1 N–H and O–H groups in total. The number of aromatic nitrogens is 2. The van der Waals surface area contributed by atoms with Crippen LogP contribution in [0.15, 0.2) is 35.6 Å². The number of hydrogen-bond acceptors (Lipinski definition) is 7. The largest absolute Gasteiger partial charge is 0.378 e. The summed E-state index contributed by atoms with van der Waals surface area (Å²) in [6.45, 7) is 3.21. The normalized spacial score (nSPS) is 23.6. The van der Waals surface area contributed by atoms with Crippen molar-refractivity contribution in [1.29, 1.82) is 0 Å². The molecular formula is C23H28N4OS2. The monoisotopic (exact) mass is 440 g/mol. The van der Waals surface area contributed by atoms with Crippen LogP contribution in [0.25, 0.3) is 10.2 Å². The second-order valence-corrected chi connectivity index (χ2v) is 10.6. The Morgan fingerprint density at radius 1 is 1.23 bits per heavy atom. The minimum Gasteiger partial charge on any atom is -0.378 e. The molecule has 0 bridgehead atoms. The number of nitrogens with zero attached hydrogens (tertiary/aromatic N) is 3. The molecule has 0 radical (unpaired) electrons. The van der Waals surface area contributed by atoms with E-state index in [1.54, 1.807) is 6.33 Å². The van der Waals surface area contributed by atoms with E-state index in [0.29, 0.717) is 0 Å². The average Bonchev–Trinajstić information content (AvgIpc) is 3.36. The van der Waals surface area contributed by atoms with Crippen molar-refractivity contribution in [3.63, 3.8) is 0 Å². The van der Waals surface area contributed by atoms with Crippen LogP contribution in [0.5, 0.6) is 0 Å². The van der Waals surface area contributed by atoms with Crippen molar-refractivity contribution in [1.82, 2.24) is 15.3 Å². The van der Waals surface area contributed by atoms with Crippen molar-refractivity contribution in [3.05, 3.63) is 46.6 Å². The van der Waals surface area contributed by atoms with Gasteiger partial charge in [-0.25, -0.2) is 9.97 Å². The molecule has 1 fully saturated rings. The minimum atomic E-state index is -0.0346. The molecular weight excluding hydrogens is 412 g/mol. The third-order valence-electron chi connectivity index (χ3n) is 6.03. The second-order valence-electron chi connectivity index (χ2n) is 8.55. The third kappa shape index (κ3) is 3.96. The Bertz CT molecular complexity index is 1030. The Balaban J connectivity index is 1.26. The first-order valence-electron chi connectivity index (χ1n) is 10.6. The van der Waals surface area contributed by atoms with Gasteiger partial charge >= 0.3 is 0 Å². The molecule has 5 rings (SSSR count). The van der Waals surface area contributed by atoms with Gasteiger partial charge in [-0.3, -0.25) is 5.32 Å². The van der Waals surface area contributed by atoms with E-state index >= 15 is 0 Å². The number of thioether (sulfide) groups is 1. The van der Waals surface area contributed by atoms with E-state index < -0.39 is 0 Å². The Labute approximate surface area is 186 Å². The first-order valence-corrected chi connectivity index (χ1v) is 12.4. The number of benzene rings is 1. The summed E-state index contributed by atoms with van der Waals surface area (Å²) in [6, 6.07) is 8.57. The van der Waals surface area contributed by atoms with Crippen LogP contribution < -0.4 is 10.2 Å². The van der Waals surface area contributed by atoms with Gasteiger partial charge in [0, 0.05) is 42.3 Å². The SMILES string of the molecule is C[C@@H]1CCc2c(sc3ncnc(SC[C@H]4CN[C@H](c5ccc(N(C)C)cc5)O4)c23)C1. The molecule has 2 aromatic heterocycles. The fourth-order valence-corrected chi connectivity index (χ4v) is 6.74. The molecule has 1 aromatic carbocycles. The lowest BCUT2D eigenvalue weighted by molar-refractivity contribution is 0.0535. The summed E-state index contributed by atoms with van der Waals surface area (Å²) in [5, 5.41) is 5.94. The fraction of sp³-hybridized carbons (Fsp3) is 0.478. The van der Waals surface area contributed by atoms with E-state index in [2.05, 4.69) is 65.5 Å². The van der Waals surface area contributed by atoms with Crippen molar-refractivity contribution in [2.75, 3.05) is 31.3 Å². The molecule has 3 aromatic rings. The van der Waals surface area contributed by atoms with Crippen molar-refractivity contribution in [2.45, 2.75) is 43.5 Å². The first kappa shape index (κ1) is 20.2. The van der Waals surface area contributed by atoms with Crippen molar-refractivity contribution < 1.29 is 4.74 Å². The van der Waals surface area contributed by atoms with E-state index in [1.165, 1.54) is 39.9 Å². The molecule has 2 aliphatic rings. The zero-order valence-corrected chi connectivity index (χ0v) is 19.4. The molecule has 158 valence electrons. The number of fused-ring (bicyclic) bond motifs is 3. The molecule has 0 saturated carbocycles. The topological polar surface area (TPSA) is 50.3 Å². The molecule has 0 spiro atoms. The predicted octanol–water partition coefficient (Wildman–Crippen LogP) is 4.66. The van der Waals surface area contributed by atoms with Crippen LogP contribution in [-0.4, -0.2) is 42.5 Å². The van der Waals surface area contributed by atoms with E-state index in [-0.39, 0.29) is 12.3 Å². The summed E-state index contributed by atoms with van der Waals surface area (Å²) in [5.74, 6) is 1.67. The van der Waals surface area contributed by atoms with Crippen LogP contribution >= 0.6 is 23.1 Å². The van der Waals surface area contributed by atoms with Crippen LogP contribution in [0.2, 0.25) is 0 Å². The van der Waals surface area contributed by atoms with Gasteiger partial charge in [-0.2, -0.15) is 0 Å². The molecule has 5 nitrogen and oxygen atoms in total. The molecule has 0 amide bonds. The number of ether oxygens (including phenoxy) is 1. The van der Waals surface area contributed by atoms with Crippen LogP contribution in [-0.2, 0) is 17.6 Å². The maximum absolute atomic E-state index is 6.30. The number of nitrogens with one attached hydrogen (secondary N) is 1.